The van der Waals surface area contributed by atoms with Gasteiger partial charge in [-0.1, -0.05) is 40.9 Å². The van der Waals surface area contributed by atoms with Crippen molar-refractivity contribution in [1.82, 2.24) is 9.97 Å². The highest BCUT2D eigenvalue weighted by Crippen LogP contribution is 2.25. The second-order valence-corrected chi connectivity index (χ2v) is 5.65. The fraction of sp³-hybridized carbons (Fsp3) is 0.0909. The summed E-state index contributed by atoms with van der Waals surface area (Å²) in [7, 11) is 0. The molecule has 2 nitrogen and oxygen atoms in total. The maximum Gasteiger partial charge on any atom is 0.147 e. The second-order valence-electron chi connectivity index (χ2n) is 3.45. The largest absolute Gasteiger partial charge is 0.220 e. The van der Waals surface area contributed by atoms with Gasteiger partial charge in [-0.2, -0.15) is 0 Å². The van der Waals surface area contributed by atoms with Crippen LogP contribution in [0.1, 0.15) is 11.4 Å². The Hall–Kier alpha value is -0.170. The first-order valence-corrected chi connectivity index (χ1v) is 7.00. The zero-order valence-corrected chi connectivity index (χ0v) is 13.1. The van der Waals surface area contributed by atoms with Crippen molar-refractivity contribution in [2.45, 2.75) is 6.42 Å². The summed E-state index contributed by atoms with van der Waals surface area (Å²) in [6, 6.07) is 4.16. The van der Waals surface area contributed by atoms with Crippen LogP contribution in [-0.4, -0.2) is 9.97 Å². The lowest BCUT2D eigenvalue weighted by atomic mass is 10.1. The number of halogens is 5. The van der Waals surface area contributed by atoms with Gasteiger partial charge in [0, 0.05) is 11.4 Å². The Balaban J connectivity index is 2.34. The van der Waals surface area contributed by atoms with Gasteiger partial charge < -0.3 is 0 Å². The van der Waals surface area contributed by atoms with E-state index in [0.717, 1.165) is 0 Å². The predicted octanol–water partition coefficient (Wildman–Crippen LogP) is 4.77. The molecule has 0 atom stereocenters. The Morgan fingerprint density at radius 3 is 2.28 bits per heavy atom. The minimum Gasteiger partial charge on any atom is -0.220 e. The molecule has 0 aliphatic carbocycles. The number of benzene rings is 1. The molecule has 2 rings (SSSR count). The standard InChI is InChI=1S/C11H5Cl3FIN2/c12-7-4-6(15)2-1-5(7)3-8-17-10(13)9(16)11(14)18-8/h1-2,4H,3H2. The van der Waals surface area contributed by atoms with E-state index in [0.29, 0.717) is 36.7 Å². The van der Waals surface area contributed by atoms with Crippen LogP contribution < -0.4 is 0 Å². The van der Waals surface area contributed by atoms with Crippen LogP contribution in [0.4, 0.5) is 4.39 Å². The topological polar surface area (TPSA) is 25.8 Å². The third-order valence-electron chi connectivity index (χ3n) is 2.18. The van der Waals surface area contributed by atoms with Crippen molar-refractivity contribution >= 4 is 57.4 Å². The summed E-state index contributed by atoms with van der Waals surface area (Å²) >= 11 is 19.7. The van der Waals surface area contributed by atoms with Crippen LogP contribution in [0.15, 0.2) is 18.2 Å². The van der Waals surface area contributed by atoms with Gasteiger partial charge in [0.05, 0.1) is 3.57 Å². The molecule has 0 amide bonds. The van der Waals surface area contributed by atoms with E-state index in [1.165, 1.54) is 12.1 Å². The monoisotopic (exact) mass is 416 g/mol. The van der Waals surface area contributed by atoms with E-state index in [2.05, 4.69) is 9.97 Å². The lowest BCUT2D eigenvalue weighted by Crippen LogP contribution is -2.00. The van der Waals surface area contributed by atoms with Gasteiger partial charge in [-0.15, -0.1) is 0 Å². The van der Waals surface area contributed by atoms with Crippen molar-refractivity contribution < 1.29 is 4.39 Å². The molecule has 1 aromatic heterocycles. The Kier molecular flexibility index (Phi) is 4.64. The van der Waals surface area contributed by atoms with Crippen LogP contribution >= 0.6 is 57.4 Å². The van der Waals surface area contributed by atoms with E-state index in [-0.39, 0.29) is 5.82 Å². The molecule has 1 aromatic carbocycles. The van der Waals surface area contributed by atoms with Crippen molar-refractivity contribution in [3.63, 3.8) is 0 Å². The third-order valence-corrected chi connectivity index (χ3v) is 4.74. The van der Waals surface area contributed by atoms with Crippen molar-refractivity contribution in [3.8, 4) is 0 Å². The minimum atomic E-state index is -0.386. The van der Waals surface area contributed by atoms with Crippen molar-refractivity contribution in [2.24, 2.45) is 0 Å². The van der Waals surface area contributed by atoms with Crippen LogP contribution in [0.3, 0.4) is 0 Å². The van der Waals surface area contributed by atoms with Gasteiger partial charge in [0.1, 0.15) is 21.9 Å². The highest BCUT2D eigenvalue weighted by molar-refractivity contribution is 14.1. The van der Waals surface area contributed by atoms with Crippen LogP contribution in [0.5, 0.6) is 0 Å². The summed E-state index contributed by atoms with van der Waals surface area (Å²) in [4.78, 5) is 8.20. The van der Waals surface area contributed by atoms with E-state index in [1.807, 2.05) is 22.6 Å². The molecule has 18 heavy (non-hydrogen) atoms. The fourth-order valence-electron chi connectivity index (χ4n) is 1.35. The van der Waals surface area contributed by atoms with Crippen molar-refractivity contribution in [2.75, 3.05) is 0 Å². The maximum atomic E-state index is 12.9. The molecule has 0 saturated carbocycles. The summed E-state index contributed by atoms with van der Waals surface area (Å²) < 4.78 is 13.5. The van der Waals surface area contributed by atoms with E-state index in [9.17, 15) is 4.39 Å². The molecule has 7 heteroatoms. The fourth-order valence-corrected chi connectivity index (χ4v) is 2.25. The first-order valence-electron chi connectivity index (χ1n) is 4.78. The first kappa shape index (κ1) is 14.2. The van der Waals surface area contributed by atoms with Gasteiger partial charge in [-0.25, -0.2) is 14.4 Å². The zero-order chi connectivity index (χ0) is 13.3. The molecule has 0 bridgehead atoms. The Morgan fingerprint density at radius 1 is 1.11 bits per heavy atom. The average Bonchev–Trinajstić information content (AvgIpc) is 2.29. The van der Waals surface area contributed by atoms with Crippen molar-refractivity contribution in [1.29, 1.82) is 0 Å². The molecule has 94 valence electrons. The van der Waals surface area contributed by atoms with Gasteiger partial charge in [-0.05, 0) is 40.3 Å². The van der Waals surface area contributed by atoms with Crippen molar-refractivity contribution in [3.05, 3.63) is 54.3 Å². The second kappa shape index (κ2) is 5.86. The van der Waals surface area contributed by atoms with Gasteiger partial charge in [-0.3, -0.25) is 0 Å². The molecule has 2 aromatic rings. The van der Waals surface area contributed by atoms with Crippen LogP contribution in [0, 0.1) is 9.39 Å². The quantitative estimate of drug-likeness (QED) is 0.520. The van der Waals surface area contributed by atoms with Gasteiger partial charge in [0.15, 0.2) is 0 Å². The Morgan fingerprint density at radius 2 is 1.72 bits per heavy atom. The zero-order valence-electron chi connectivity index (χ0n) is 8.72. The summed E-state index contributed by atoms with van der Waals surface area (Å²) in [5, 5.41) is 0.914. The highest BCUT2D eigenvalue weighted by atomic mass is 127. The van der Waals surface area contributed by atoms with E-state index in [1.54, 1.807) is 6.07 Å². The normalized spacial score (nSPS) is 10.7. The molecule has 0 N–H and O–H groups in total. The molecule has 0 fully saturated rings. The summed E-state index contributed by atoms with van der Waals surface area (Å²) in [5.41, 5.74) is 0.714. The third kappa shape index (κ3) is 3.23. The SMILES string of the molecule is Fc1ccc(Cc2nc(Cl)c(I)c(Cl)n2)c(Cl)c1. The molecule has 0 spiro atoms. The number of aromatic nitrogens is 2. The molecule has 0 saturated heterocycles. The van der Waals surface area contributed by atoms with Crippen LogP contribution in [0.25, 0.3) is 0 Å². The highest BCUT2D eigenvalue weighted by Gasteiger charge is 2.11. The molecule has 1 heterocycles. The smallest absolute Gasteiger partial charge is 0.147 e. The summed E-state index contributed by atoms with van der Waals surface area (Å²) in [6.07, 6.45) is 0.343. The average molecular weight is 417 g/mol. The Bertz CT molecular complexity index is 584. The number of rotatable bonds is 2. The van der Waals surface area contributed by atoms with Gasteiger partial charge >= 0.3 is 0 Å². The summed E-state index contributed by atoms with van der Waals surface area (Å²) in [6.45, 7) is 0. The minimum absolute atomic E-state index is 0.295. The molecular weight excluding hydrogens is 412 g/mol. The number of hydrogen-bond acceptors (Lipinski definition) is 2. The molecule has 0 unspecified atom stereocenters. The molecule has 0 radical (unpaired) electrons. The van der Waals surface area contributed by atoms with Crippen LogP contribution in [-0.2, 0) is 6.42 Å². The molecule has 0 aliphatic heterocycles. The number of nitrogens with zero attached hydrogens (tertiary/aromatic N) is 2. The molecular formula is C11H5Cl3FIN2. The van der Waals surface area contributed by atoms with E-state index >= 15 is 0 Å². The van der Waals surface area contributed by atoms with Crippen LogP contribution in [0.2, 0.25) is 15.3 Å². The maximum absolute atomic E-state index is 12.9. The Labute approximate surface area is 132 Å². The van der Waals surface area contributed by atoms with E-state index in [4.69, 9.17) is 34.8 Å². The van der Waals surface area contributed by atoms with Gasteiger partial charge in [0.25, 0.3) is 0 Å². The molecule has 0 aliphatic rings. The summed E-state index contributed by atoms with van der Waals surface area (Å²) in [5.74, 6) is 0.0577. The lowest BCUT2D eigenvalue weighted by Gasteiger charge is -2.05. The van der Waals surface area contributed by atoms with E-state index < -0.39 is 0 Å². The predicted molar refractivity (Wildman–Crippen MR) is 79.0 cm³/mol. The lowest BCUT2D eigenvalue weighted by molar-refractivity contribution is 0.627. The number of hydrogen-bond donors (Lipinski definition) is 0. The van der Waals surface area contributed by atoms with Gasteiger partial charge in [0.2, 0.25) is 0 Å². The first-order chi connectivity index (χ1) is 8.47.